The highest BCUT2D eigenvalue weighted by atomic mass is 32.2. The summed E-state index contributed by atoms with van der Waals surface area (Å²) in [4.78, 5) is 9.58. The van der Waals surface area contributed by atoms with Crippen molar-refractivity contribution in [3.05, 3.63) is 0 Å². The number of hydrogen-bond donors (Lipinski definition) is 3. The minimum atomic E-state index is -3.38. The average Bonchev–Trinajstić information content (AvgIpc) is 2.92. The van der Waals surface area contributed by atoms with Gasteiger partial charge in [0.05, 0.1) is 0 Å². The zero-order valence-electron chi connectivity index (χ0n) is 8.30. The Morgan fingerprint density at radius 3 is 2.79 bits per heavy atom. The Morgan fingerprint density at radius 2 is 2.36 bits per heavy atom. The Morgan fingerprint density at radius 1 is 1.71 bits per heavy atom. The Labute approximate surface area is 88.7 Å². The Hall–Kier alpha value is 0.460. The standard InChI is InChI=1S/C8H18NO3PS/c1-14-7-5-6(7)8(10)13(11,12)4-2-3-9/h6-8,10H,2-5,9H2,1H3,(H,11,12). The Kier molecular flexibility index (Phi) is 4.47. The van der Waals surface area contributed by atoms with E-state index in [1.807, 2.05) is 6.26 Å². The first-order valence-electron chi connectivity index (χ1n) is 4.75. The normalized spacial score (nSPS) is 32.3. The van der Waals surface area contributed by atoms with E-state index in [-0.39, 0.29) is 12.1 Å². The molecule has 4 atom stereocenters. The van der Waals surface area contributed by atoms with Gasteiger partial charge < -0.3 is 15.7 Å². The van der Waals surface area contributed by atoms with Crippen LogP contribution in [0.1, 0.15) is 12.8 Å². The van der Waals surface area contributed by atoms with E-state index in [4.69, 9.17) is 5.73 Å². The van der Waals surface area contributed by atoms with Gasteiger partial charge in [0.2, 0.25) is 7.37 Å². The second-order valence-electron chi connectivity index (χ2n) is 3.71. The summed E-state index contributed by atoms with van der Waals surface area (Å²) in [5.74, 6) is -1.02. The predicted molar refractivity (Wildman–Crippen MR) is 59.8 cm³/mol. The molecule has 0 heterocycles. The highest BCUT2D eigenvalue weighted by Crippen LogP contribution is 2.57. The van der Waals surface area contributed by atoms with E-state index < -0.39 is 13.2 Å². The largest absolute Gasteiger partial charge is 0.383 e. The number of rotatable bonds is 6. The molecule has 4 unspecified atom stereocenters. The third-order valence-electron chi connectivity index (χ3n) is 2.56. The fourth-order valence-electron chi connectivity index (χ4n) is 1.52. The van der Waals surface area contributed by atoms with E-state index in [0.717, 1.165) is 6.42 Å². The van der Waals surface area contributed by atoms with Crippen LogP contribution < -0.4 is 5.73 Å². The first-order valence-corrected chi connectivity index (χ1v) is 7.95. The third kappa shape index (κ3) is 2.97. The average molecular weight is 239 g/mol. The molecule has 0 amide bonds. The summed E-state index contributed by atoms with van der Waals surface area (Å²) in [6.45, 7) is 0.397. The quantitative estimate of drug-likeness (QED) is 0.593. The molecule has 1 fully saturated rings. The van der Waals surface area contributed by atoms with Gasteiger partial charge in [0.25, 0.3) is 0 Å². The van der Waals surface area contributed by atoms with Crippen molar-refractivity contribution >= 4 is 19.1 Å². The molecule has 1 saturated carbocycles. The number of thioether (sulfide) groups is 1. The highest BCUT2D eigenvalue weighted by molar-refractivity contribution is 7.99. The highest BCUT2D eigenvalue weighted by Gasteiger charge is 2.48. The molecule has 0 aromatic carbocycles. The molecule has 0 aromatic heterocycles. The topological polar surface area (TPSA) is 83.5 Å². The molecule has 0 spiro atoms. The molecule has 84 valence electrons. The van der Waals surface area contributed by atoms with Crippen molar-refractivity contribution < 1.29 is 14.6 Å². The minimum Gasteiger partial charge on any atom is -0.383 e. The van der Waals surface area contributed by atoms with E-state index in [1.54, 1.807) is 11.8 Å². The lowest BCUT2D eigenvalue weighted by Crippen LogP contribution is -2.15. The van der Waals surface area contributed by atoms with Crippen molar-refractivity contribution in [3.8, 4) is 0 Å². The second-order valence-corrected chi connectivity index (χ2v) is 7.27. The van der Waals surface area contributed by atoms with Gasteiger partial charge in [-0.15, -0.1) is 0 Å². The molecule has 14 heavy (non-hydrogen) atoms. The first-order chi connectivity index (χ1) is 6.53. The van der Waals surface area contributed by atoms with Crippen molar-refractivity contribution in [2.75, 3.05) is 19.0 Å². The lowest BCUT2D eigenvalue weighted by molar-refractivity contribution is 0.209. The van der Waals surface area contributed by atoms with Crippen LogP contribution in [0.2, 0.25) is 0 Å². The van der Waals surface area contributed by atoms with Crippen LogP contribution >= 0.6 is 19.1 Å². The molecule has 1 aliphatic rings. The fraction of sp³-hybridized carbons (Fsp3) is 1.00. The summed E-state index contributed by atoms with van der Waals surface area (Å²) < 4.78 is 11.7. The summed E-state index contributed by atoms with van der Waals surface area (Å²) in [6.07, 6.45) is 3.46. The van der Waals surface area contributed by atoms with Crippen molar-refractivity contribution in [2.24, 2.45) is 11.7 Å². The lowest BCUT2D eigenvalue weighted by Gasteiger charge is -2.17. The second kappa shape index (κ2) is 4.99. The molecular weight excluding hydrogens is 221 g/mol. The molecule has 0 radical (unpaired) electrons. The van der Waals surface area contributed by atoms with Gasteiger partial charge in [-0.2, -0.15) is 11.8 Å². The third-order valence-corrected chi connectivity index (χ3v) is 5.87. The fourth-order valence-corrected chi connectivity index (χ4v) is 4.38. The van der Waals surface area contributed by atoms with Crippen LogP contribution in [-0.4, -0.2) is 40.1 Å². The lowest BCUT2D eigenvalue weighted by atomic mass is 10.5. The molecule has 1 rings (SSSR count). The Balaban J connectivity index is 2.43. The van der Waals surface area contributed by atoms with Gasteiger partial charge in [-0.25, -0.2) is 0 Å². The molecule has 0 saturated heterocycles. The zero-order chi connectivity index (χ0) is 10.8. The van der Waals surface area contributed by atoms with E-state index in [9.17, 15) is 14.6 Å². The van der Waals surface area contributed by atoms with Crippen LogP contribution in [-0.2, 0) is 4.57 Å². The van der Waals surface area contributed by atoms with Crippen molar-refractivity contribution in [3.63, 3.8) is 0 Å². The maximum absolute atomic E-state index is 11.7. The van der Waals surface area contributed by atoms with Gasteiger partial charge in [0, 0.05) is 17.3 Å². The number of hydrogen-bond acceptors (Lipinski definition) is 4. The maximum Gasteiger partial charge on any atom is 0.228 e. The monoisotopic (exact) mass is 239 g/mol. The van der Waals surface area contributed by atoms with Gasteiger partial charge >= 0.3 is 0 Å². The van der Waals surface area contributed by atoms with Gasteiger partial charge in [-0.1, -0.05) is 0 Å². The molecule has 4 N–H and O–H groups in total. The predicted octanol–water partition coefficient (Wildman–Crippen LogP) is 0.675. The maximum atomic E-state index is 11.7. The van der Waals surface area contributed by atoms with Crippen LogP contribution in [0.25, 0.3) is 0 Å². The van der Waals surface area contributed by atoms with E-state index >= 15 is 0 Å². The number of aliphatic hydroxyl groups is 1. The van der Waals surface area contributed by atoms with Gasteiger partial charge in [-0.05, 0) is 25.6 Å². The molecule has 0 aromatic rings. The Bertz CT molecular complexity index is 239. The number of nitrogens with two attached hydrogens (primary N) is 1. The van der Waals surface area contributed by atoms with Crippen LogP contribution in [0.15, 0.2) is 0 Å². The van der Waals surface area contributed by atoms with Crippen LogP contribution in [0.4, 0.5) is 0 Å². The summed E-state index contributed by atoms with van der Waals surface area (Å²) in [5, 5.41) is 10.0. The van der Waals surface area contributed by atoms with E-state index in [2.05, 4.69) is 0 Å². The molecule has 0 bridgehead atoms. The van der Waals surface area contributed by atoms with Gasteiger partial charge in [0.1, 0.15) is 5.85 Å². The zero-order valence-corrected chi connectivity index (χ0v) is 10.0. The number of aliphatic hydroxyl groups excluding tert-OH is 1. The van der Waals surface area contributed by atoms with E-state index in [1.165, 1.54) is 0 Å². The summed E-state index contributed by atoms with van der Waals surface area (Å²) in [5.41, 5.74) is 5.26. The van der Waals surface area contributed by atoms with Crippen molar-refractivity contribution in [1.29, 1.82) is 0 Å². The first kappa shape index (κ1) is 12.5. The van der Waals surface area contributed by atoms with Crippen LogP contribution in [0, 0.1) is 5.92 Å². The van der Waals surface area contributed by atoms with E-state index in [0.29, 0.717) is 18.2 Å². The van der Waals surface area contributed by atoms with Gasteiger partial charge in [0.15, 0.2) is 0 Å². The summed E-state index contributed by atoms with van der Waals surface area (Å²) in [7, 11) is -3.38. The van der Waals surface area contributed by atoms with Crippen molar-refractivity contribution in [2.45, 2.75) is 23.9 Å². The van der Waals surface area contributed by atoms with Crippen LogP contribution in [0.3, 0.4) is 0 Å². The van der Waals surface area contributed by atoms with Crippen LogP contribution in [0.5, 0.6) is 0 Å². The smallest absolute Gasteiger partial charge is 0.228 e. The minimum absolute atomic E-state index is 0.0126. The molecular formula is C8H18NO3PS. The summed E-state index contributed by atoms with van der Waals surface area (Å²) >= 11 is 1.65. The molecule has 4 nitrogen and oxygen atoms in total. The van der Waals surface area contributed by atoms with Crippen molar-refractivity contribution in [1.82, 2.24) is 0 Å². The molecule has 1 aliphatic carbocycles. The molecule has 6 heteroatoms. The van der Waals surface area contributed by atoms with Gasteiger partial charge in [-0.3, -0.25) is 4.57 Å². The SMILES string of the molecule is CSC1CC1C(O)P(=O)(O)CCCN. The summed E-state index contributed by atoms with van der Waals surface area (Å²) in [6, 6.07) is 0. The molecule has 0 aliphatic heterocycles.